The molecule has 0 aliphatic carbocycles. The summed E-state index contributed by atoms with van der Waals surface area (Å²) >= 11 is 0. The van der Waals surface area contributed by atoms with E-state index in [0.29, 0.717) is 18.9 Å². The van der Waals surface area contributed by atoms with Gasteiger partial charge in [0.25, 0.3) is 0 Å². The number of ether oxygens (including phenoxy) is 1. The molecule has 0 saturated carbocycles. The zero-order valence-corrected chi connectivity index (χ0v) is 16.1. The van der Waals surface area contributed by atoms with Crippen LogP contribution in [0.4, 0.5) is 30.7 Å². The summed E-state index contributed by atoms with van der Waals surface area (Å²) in [5, 5.41) is 0. The molecular formula is C22H19F7O. The third-order valence-corrected chi connectivity index (χ3v) is 5.15. The third kappa shape index (κ3) is 4.53. The Bertz CT molecular complexity index is 916. The predicted octanol–water partition coefficient (Wildman–Crippen LogP) is 7.41. The molecule has 2 aromatic carbocycles. The first-order valence-corrected chi connectivity index (χ1v) is 9.54. The lowest BCUT2D eigenvalue weighted by molar-refractivity contribution is -0.0197. The average molecular weight is 432 g/mol. The number of halogens is 7. The summed E-state index contributed by atoms with van der Waals surface area (Å²) in [5.41, 5.74) is -2.19. The van der Waals surface area contributed by atoms with Crippen LogP contribution in [0.2, 0.25) is 0 Å². The van der Waals surface area contributed by atoms with Gasteiger partial charge >= 0.3 is 0 Å². The Morgan fingerprint density at radius 3 is 1.97 bits per heavy atom. The first-order valence-electron chi connectivity index (χ1n) is 9.54. The summed E-state index contributed by atoms with van der Waals surface area (Å²) in [6.45, 7) is 2.49. The maximum Gasteiger partial charge on any atom is 0.194 e. The third-order valence-electron chi connectivity index (χ3n) is 5.15. The summed E-state index contributed by atoms with van der Waals surface area (Å²) < 4.78 is 103. The van der Waals surface area contributed by atoms with Crippen LogP contribution in [0.15, 0.2) is 24.3 Å². The largest absolute Gasteiger partial charge is 0.373 e. The van der Waals surface area contributed by atoms with Crippen molar-refractivity contribution in [2.24, 2.45) is 5.92 Å². The Kier molecular flexibility index (Phi) is 6.85. The van der Waals surface area contributed by atoms with Crippen molar-refractivity contribution in [1.29, 1.82) is 0 Å². The second-order valence-electron chi connectivity index (χ2n) is 7.30. The van der Waals surface area contributed by atoms with Gasteiger partial charge in [-0.05, 0) is 55.0 Å². The van der Waals surface area contributed by atoms with Crippen molar-refractivity contribution >= 4 is 11.7 Å². The lowest BCUT2D eigenvalue weighted by Crippen LogP contribution is -2.21. The highest BCUT2D eigenvalue weighted by Crippen LogP contribution is 2.37. The molecule has 2 unspecified atom stereocenters. The molecule has 1 saturated heterocycles. The average Bonchev–Trinajstić information content (AvgIpc) is 2.71. The van der Waals surface area contributed by atoms with E-state index in [-0.39, 0.29) is 17.7 Å². The molecule has 2 atom stereocenters. The molecule has 1 fully saturated rings. The summed E-state index contributed by atoms with van der Waals surface area (Å²) in [6, 6.07) is 2.09. The molecule has 0 spiro atoms. The second kappa shape index (κ2) is 9.20. The van der Waals surface area contributed by atoms with E-state index in [1.807, 2.05) is 6.92 Å². The fourth-order valence-electron chi connectivity index (χ4n) is 3.61. The number of hydrogen-bond donors (Lipinski definition) is 0. The molecular weight excluding hydrogens is 413 g/mol. The standard InChI is InChI=1S/C22H19F7O/c1-2-3-11-4-5-18(30-10-11)12-6-14(23)19(15(24)7-12)22(29)20(27)13-8-16(25)21(28)17(26)9-13/h6-9,11,18H,2-5,10H2,1H3/b22-20+. The van der Waals surface area contributed by atoms with Gasteiger partial charge in [-0.25, -0.2) is 30.7 Å². The zero-order chi connectivity index (χ0) is 22.0. The lowest BCUT2D eigenvalue weighted by atomic mass is 9.91. The van der Waals surface area contributed by atoms with Gasteiger partial charge in [0.1, 0.15) is 11.6 Å². The second-order valence-corrected chi connectivity index (χ2v) is 7.30. The fraction of sp³-hybridized carbons (Fsp3) is 0.364. The van der Waals surface area contributed by atoms with Crippen LogP contribution < -0.4 is 0 Å². The van der Waals surface area contributed by atoms with Crippen molar-refractivity contribution in [1.82, 2.24) is 0 Å². The van der Waals surface area contributed by atoms with Gasteiger partial charge in [0.05, 0.1) is 18.3 Å². The molecule has 162 valence electrons. The molecule has 2 aromatic rings. The highest BCUT2D eigenvalue weighted by atomic mass is 19.2. The summed E-state index contributed by atoms with van der Waals surface area (Å²) in [5.74, 6) is -11.7. The maximum absolute atomic E-state index is 14.5. The topological polar surface area (TPSA) is 9.23 Å². The Labute approximate surface area is 169 Å². The molecule has 1 aliphatic rings. The Hall–Kier alpha value is -2.35. The van der Waals surface area contributed by atoms with Gasteiger partial charge in [0.15, 0.2) is 29.1 Å². The van der Waals surface area contributed by atoms with Gasteiger partial charge < -0.3 is 4.74 Å². The van der Waals surface area contributed by atoms with E-state index in [9.17, 15) is 30.7 Å². The molecule has 30 heavy (non-hydrogen) atoms. The van der Waals surface area contributed by atoms with E-state index in [2.05, 4.69) is 0 Å². The Morgan fingerprint density at radius 2 is 1.47 bits per heavy atom. The molecule has 0 N–H and O–H groups in total. The van der Waals surface area contributed by atoms with Gasteiger partial charge in [-0.15, -0.1) is 0 Å². The summed E-state index contributed by atoms with van der Waals surface area (Å²) in [7, 11) is 0. The molecule has 1 heterocycles. The van der Waals surface area contributed by atoms with Gasteiger partial charge in [0.2, 0.25) is 0 Å². The number of benzene rings is 2. The molecule has 0 bridgehead atoms. The summed E-state index contributed by atoms with van der Waals surface area (Å²) in [4.78, 5) is 0. The highest BCUT2D eigenvalue weighted by Gasteiger charge is 2.27. The van der Waals surface area contributed by atoms with Crippen LogP contribution in [0.25, 0.3) is 11.7 Å². The number of rotatable bonds is 5. The van der Waals surface area contributed by atoms with Gasteiger partial charge in [-0.3, -0.25) is 0 Å². The molecule has 0 aromatic heterocycles. The normalized spacial score (nSPS) is 20.3. The minimum atomic E-state index is -1.99. The van der Waals surface area contributed by atoms with Crippen LogP contribution in [0.3, 0.4) is 0 Å². The molecule has 1 nitrogen and oxygen atoms in total. The lowest BCUT2D eigenvalue weighted by Gasteiger charge is -2.29. The van der Waals surface area contributed by atoms with Gasteiger partial charge in [0, 0.05) is 5.56 Å². The Balaban J connectivity index is 1.91. The van der Waals surface area contributed by atoms with Crippen LogP contribution in [0.1, 0.15) is 55.4 Å². The quantitative estimate of drug-likeness (QED) is 0.272. The minimum Gasteiger partial charge on any atom is -0.373 e. The monoisotopic (exact) mass is 432 g/mol. The Morgan fingerprint density at radius 1 is 0.867 bits per heavy atom. The van der Waals surface area contributed by atoms with Crippen molar-refractivity contribution in [3.05, 3.63) is 70.0 Å². The van der Waals surface area contributed by atoms with Crippen LogP contribution in [0.5, 0.6) is 0 Å². The smallest absolute Gasteiger partial charge is 0.194 e. The van der Waals surface area contributed by atoms with Crippen LogP contribution in [-0.4, -0.2) is 6.61 Å². The molecule has 1 aliphatic heterocycles. The van der Waals surface area contributed by atoms with E-state index >= 15 is 0 Å². The fourth-order valence-corrected chi connectivity index (χ4v) is 3.61. The molecule has 0 amide bonds. The van der Waals surface area contributed by atoms with Crippen molar-refractivity contribution in [2.75, 3.05) is 6.61 Å². The first kappa shape index (κ1) is 22.3. The van der Waals surface area contributed by atoms with Gasteiger partial charge in [-0.2, -0.15) is 0 Å². The SMILES string of the molecule is CCCC1CCC(c2cc(F)c(/C(F)=C(\F)c3cc(F)c(F)c(F)c3)c(F)c2)OC1. The van der Waals surface area contributed by atoms with Crippen molar-refractivity contribution < 1.29 is 35.5 Å². The first-order chi connectivity index (χ1) is 14.2. The molecule has 0 radical (unpaired) electrons. The maximum atomic E-state index is 14.5. The van der Waals surface area contributed by atoms with E-state index in [0.717, 1.165) is 31.4 Å². The van der Waals surface area contributed by atoms with Crippen LogP contribution >= 0.6 is 0 Å². The van der Waals surface area contributed by atoms with Crippen LogP contribution in [-0.2, 0) is 4.74 Å². The van der Waals surface area contributed by atoms with E-state index < -0.39 is 58.0 Å². The zero-order valence-electron chi connectivity index (χ0n) is 16.1. The van der Waals surface area contributed by atoms with E-state index in [4.69, 9.17) is 4.74 Å². The van der Waals surface area contributed by atoms with Crippen molar-refractivity contribution in [3.8, 4) is 0 Å². The van der Waals surface area contributed by atoms with E-state index in [1.165, 1.54) is 0 Å². The van der Waals surface area contributed by atoms with Crippen LogP contribution in [0, 0.1) is 35.0 Å². The van der Waals surface area contributed by atoms with Crippen molar-refractivity contribution in [3.63, 3.8) is 0 Å². The predicted molar refractivity (Wildman–Crippen MR) is 98.0 cm³/mol. The number of hydrogen-bond acceptors (Lipinski definition) is 1. The van der Waals surface area contributed by atoms with Gasteiger partial charge in [-0.1, -0.05) is 13.3 Å². The highest BCUT2D eigenvalue weighted by molar-refractivity contribution is 5.83. The van der Waals surface area contributed by atoms with E-state index in [1.54, 1.807) is 0 Å². The molecule has 8 heteroatoms. The summed E-state index contributed by atoms with van der Waals surface area (Å²) in [6.07, 6.45) is 2.75. The molecule has 3 rings (SSSR count). The minimum absolute atomic E-state index is 0.149. The van der Waals surface area contributed by atoms with Crippen molar-refractivity contribution in [2.45, 2.75) is 38.7 Å².